The first-order chi connectivity index (χ1) is 48.7. The van der Waals surface area contributed by atoms with Crippen molar-refractivity contribution < 1.29 is 105 Å². The smallest absolute Gasteiger partial charge is 0.338 e. The number of aliphatic hydroxyl groups excluding tert-OH is 2. The van der Waals surface area contributed by atoms with Gasteiger partial charge < -0.3 is 71.8 Å². The molecule has 22 heteroatoms. The number of aliphatic hydroxyl groups is 2. The molecule has 7 aromatic rings. The molecule has 3 saturated heterocycles. The Morgan fingerprint density at radius 1 is 0.350 bits per heavy atom. The number of esters is 7. The molecule has 15 atom stereocenters. The van der Waals surface area contributed by atoms with Crippen molar-refractivity contribution >= 4 is 41.8 Å². The van der Waals surface area contributed by atoms with Crippen LogP contribution in [0.15, 0.2) is 225 Å². The van der Waals surface area contributed by atoms with E-state index in [9.17, 15) is 43.8 Å². The van der Waals surface area contributed by atoms with Gasteiger partial charge in [0, 0.05) is 12.5 Å². The SMILES string of the molecule is C=CCCCCCCCCOC1OC(COC2OC(COC(=O)c3ccccc3)C(OC(=O)c3ccccc3)C(OC(=O)c3ccccc3)C2C)C(O)C(OC2OC(COC(=O)c3ccccc3)C(OC(=O)c3ccccc3)C(OC(=O)c3ccccc3)C2OC(=O)c2ccccc2)C1O. The third-order valence-corrected chi connectivity index (χ3v) is 17.0. The van der Waals surface area contributed by atoms with Crippen molar-refractivity contribution in [3.05, 3.63) is 264 Å². The predicted octanol–water partition coefficient (Wildman–Crippen LogP) is 10.7. The molecule has 3 aliphatic rings. The summed E-state index contributed by atoms with van der Waals surface area (Å²) in [6.07, 6.45) is -16.1. The summed E-state index contributed by atoms with van der Waals surface area (Å²) in [6, 6.07) is 55.5. The van der Waals surface area contributed by atoms with E-state index in [0.29, 0.717) is 6.42 Å². The topological polar surface area (TPSA) is 280 Å². The van der Waals surface area contributed by atoms with Crippen LogP contribution < -0.4 is 0 Å². The second kappa shape index (κ2) is 36.9. The van der Waals surface area contributed by atoms with Crippen LogP contribution >= 0.6 is 0 Å². The minimum absolute atomic E-state index is 0.00760. The molecule has 0 aromatic heterocycles. The Hall–Kier alpha value is -9.75. The van der Waals surface area contributed by atoms with Gasteiger partial charge >= 0.3 is 41.8 Å². The van der Waals surface area contributed by atoms with Crippen LogP contribution in [0.1, 0.15) is 124 Å². The molecule has 2 N–H and O–H groups in total. The first-order valence-electron chi connectivity index (χ1n) is 33.3. The lowest BCUT2D eigenvalue weighted by molar-refractivity contribution is -0.363. The highest BCUT2D eigenvalue weighted by molar-refractivity contribution is 5.93. The van der Waals surface area contributed by atoms with Gasteiger partial charge in [0.1, 0.15) is 55.9 Å². The van der Waals surface area contributed by atoms with Gasteiger partial charge in [-0.1, -0.05) is 166 Å². The number of unbranched alkanes of at least 4 members (excludes halogenated alkanes) is 6. The van der Waals surface area contributed by atoms with Crippen molar-refractivity contribution in [2.75, 3.05) is 26.4 Å². The van der Waals surface area contributed by atoms with Crippen molar-refractivity contribution in [3.63, 3.8) is 0 Å². The second-order valence-corrected chi connectivity index (χ2v) is 24.1. The van der Waals surface area contributed by atoms with E-state index in [1.165, 1.54) is 72.8 Å². The lowest BCUT2D eigenvalue weighted by atomic mass is 9.91. The number of benzene rings is 7. The van der Waals surface area contributed by atoms with Crippen LogP contribution in [0.25, 0.3) is 0 Å². The normalized spacial score (nSPS) is 24.8. The number of carbonyl (C=O) groups is 7. The highest BCUT2D eigenvalue weighted by atomic mass is 16.8. The fourth-order valence-corrected chi connectivity index (χ4v) is 11.6. The number of hydrogen-bond donors (Lipinski definition) is 2. The zero-order chi connectivity index (χ0) is 70.2. The molecule has 100 heavy (non-hydrogen) atoms. The molecular weight excluding hydrogens is 1290 g/mol. The van der Waals surface area contributed by atoms with E-state index >= 15 is 0 Å². The fraction of sp³-hybridized carbons (Fsp3) is 0.346. The largest absolute Gasteiger partial charge is 0.459 e. The van der Waals surface area contributed by atoms with Crippen LogP contribution in [0.5, 0.6) is 0 Å². The summed E-state index contributed by atoms with van der Waals surface area (Å²) >= 11 is 0. The molecule has 22 nitrogen and oxygen atoms in total. The molecule has 3 aliphatic heterocycles. The molecule has 0 aliphatic carbocycles. The summed E-state index contributed by atoms with van der Waals surface area (Å²) in [4.78, 5) is 99.1. The van der Waals surface area contributed by atoms with Crippen molar-refractivity contribution in [2.24, 2.45) is 5.92 Å². The van der Waals surface area contributed by atoms with Gasteiger partial charge in [0.2, 0.25) is 0 Å². The van der Waals surface area contributed by atoms with Crippen LogP contribution in [0.2, 0.25) is 0 Å². The van der Waals surface area contributed by atoms with Crippen LogP contribution in [0.3, 0.4) is 0 Å². The molecule has 0 amide bonds. The van der Waals surface area contributed by atoms with Gasteiger partial charge in [0.05, 0.1) is 45.6 Å². The second-order valence-electron chi connectivity index (χ2n) is 24.1. The van der Waals surface area contributed by atoms with E-state index in [-0.39, 0.29) is 45.6 Å². The van der Waals surface area contributed by atoms with E-state index in [2.05, 4.69) is 6.58 Å². The molecule has 3 heterocycles. The third-order valence-electron chi connectivity index (χ3n) is 17.0. The van der Waals surface area contributed by atoms with E-state index < -0.39 is 154 Å². The van der Waals surface area contributed by atoms with Crippen LogP contribution in [-0.2, 0) is 61.6 Å². The summed E-state index contributed by atoms with van der Waals surface area (Å²) in [5.74, 6) is -7.20. The van der Waals surface area contributed by atoms with Gasteiger partial charge in [-0.15, -0.1) is 6.58 Å². The Morgan fingerprint density at radius 2 is 0.680 bits per heavy atom. The van der Waals surface area contributed by atoms with E-state index in [1.54, 1.807) is 146 Å². The van der Waals surface area contributed by atoms with E-state index in [0.717, 1.165) is 38.5 Å². The van der Waals surface area contributed by atoms with Crippen molar-refractivity contribution in [2.45, 2.75) is 138 Å². The van der Waals surface area contributed by atoms with Crippen LogP contribution in [0.4, 0.5) is 0 Å². The highest BCUT2D eigenvalue weighted by Gasteiger charge is 2.57. The molecular formula is C78H80O22. The van der Waals surface area contributed by atoms with Gasteiger partial charge in [0.25, 0.3) is 0 Å². The maximum Gasteiger partial charge on any atom is 0.338 e. The van der Waals surface area contributed by atoms with Gasteiger partial charge in [-0.25, -0.2) is 33.6 Å². The maximum absolute atomic E-state index is 14.6. The Bertz CT molecular complexity index is 3740. The van der Waals surface area contributed by atoms with Gasteiger partial charge in [-0.05, 0) is 104 Å². The molecule has 0 bridgehead atoms. The van der Waals surface area contributed by atoms with Crippen molar-refractivity contribution in [3.8, 4) is 0 Å². The number of rotatable bonds is 31. The van der Waals surface area contributed by atoms with E-state index in [4.69, 9.17) is 61.6 Å². The monoisotopic (exact) mass is 1370 g/mol. The number of hydrogen-bond acceptors (Lipinski definition) is 22. The number of ether oxygens (including phenoxy) is 13. The minimum atomic E-state index is -2.03. The quantitative estimate of drug-likeness (QED) is 0.0177. The van der Waals surface area contributed by atoms with Gasteiger partial charge in [-0.2, -0.15) is 0 Å². The predicted molar refractivity (Wildman–Crippen MR) is 358 cm³/mol. The van der Waals surface area contributed by atoms with Crippen molar-refractivity contribution in [1.29, 1.82) is 0 Å². The van der Waals surface area contributed by atoms with Crippen LogP contribution in [-0.4, -0.2) is 164 Å². The summed E-state index contributed by atoms with van der Waals surface area (Å²) in [5, 5.41) is 25.4. The Balaban J connectivity index is 1.00. The number of carbonyl (C=O) groups excluding carboxylic acids is 7. The Labute approximate surface area is 578 Å². The summed E-state index contributed by atoms with van der Waals surface area (Å²) in [5.41, 5.74) is 0.703. The molecule has 524 valence electrons. The Morgan fingerprint density at radius 3 is 1.09 bits per heavy atom. The Kier molecular flexibility index (Phi) is 26.9. The average Bonchev–Trinajstić information content (AvgIpc) is 0.784. The van der Waals surface area contributed by atoms with Crippen LogP contribution in [0, 0.1) is 5.92 Å². The average molecular weight is 1370 g/mol. The minimum Gasteiger partial charge on any atom is -0.459 e. The molecule has 7 aromatic carbocycles. The number of allylic oxidation sites excluding steroid dienone is 1. The molecule has 0 radical (unpaired) electrons. The molecule has 0 spiro atoms. The summed E-state index contributed by atoms with van der Waals surface area (Å²) < 4.78 is 82.4. The summed E-state index contributed by atoms with van der Waals surface area (Å²) in [6.45, 7) is 3.53. The van der Waals surface area contributed by atoms with E-state index in [1.807, 2.05) is 6.08 Å². The lowest BCUT2D eigenvalue weighted by Gasteiger charge is -2.48. The molecule has 15 unspecified atom stereocenters. The standard InChI is InChI=1S/C78H80O22/c1-3-4-5-6-7-8-9-31-46-88-77-62(80)66(61(79)58(92-77)47-91-76-50(2)63(95-71(83)53-36-21-12-22-37-53)64(96-72(84)54-38-23-13-24-39-54)59(93-76)48-89-69(81)51-32-17-10-18-33-51)100-78-68(99-75(87)57-44-29-16-30-45-57)67(98-74(86)56-42-27-15-28-43-56)65(97-73(85)55-40-25-14-26-41-55)60(94-78)49-90-70(82)52-34-19-11-20-35-52/h3,10-30,32-45,50,58-68,76-80H,1,4-9,31,46-49H2,2H3. The fourth-order valence-electron chi connectivity index (χ4n) is 11.6. The third kappa shape index (κ3) is 19.8. The lowest BCUT2D eigenvalue weighted by Crippen LogP contribution is -2.66. The van der Waals surface area contributed by atoms with Gasteiger partial charge in [0.15, 0.2) is 43.3 Å². The van der Waals surface area contributed by atoms with Gasteiger partial charge in [-0.3, -0.25) is 0 Å². The molecule has 0 saturated carbocycles. The first-order valence-corrected chi connectivity index (χ1v) is 33.3. The zero-order valence-electron chi connectivity index (χ0n) is 55.0. The zero-order valence-corrected chi connectivity index (χ0v) is 55.0. The highest BCUT2D eigenvalue weighted by Crippen LogP contribution is 2.38. The molecule has 10 rings (SSSR count). The maximum atomic E-state index is 14.6. The first kappa shape index (κ1) is 73.0. The molecule has 3 fully saturated rings. The van der Waals surface area contributed by atoms with Crippen molar-refractivity contribution in [1.82, 2.24) is 0 Å². The summed E-state index contributed by atoms with van der Waals surface area (Å²) in [7, 11) is 0.